The van der Waals surface area contributed by atoms with Crippen LogP contribution in [0.2, 0.25) is 0 Å². The lowest BCUT2D eigenvalue weighted by molar-refractivity contribution is 0.0655. The normalized spacial score (nSPS) is 13.1. The van der Waals surface area contributed by atoms with E-state index in [4.69, 9.17) is 9.47 Å². The van der Waals surface area contributed by atoms with Gasteiger partial charge in [0, 0.05) is 18.0 Å². The zero-order valence-electron chi connectivity index (χ0n) is 15.8. The van der Waals surface area contributed by atoms with Crippen LogP contribution in [0.4, 0.5) is 0 Å². The number of amides is 2. The lowest BCUT2D eigenvalue weighted by Crippen LogP contribution is -2.32. The molecule has 8 heteroatoms. The molecular weight excluding hydrogens is 376 g/mol. The van der Waals surface area contributed by atoms with Crippen LogP contribution in [0.25, 0.3) is 10.9 Å². The van der Waals surface area contributed by atoms with Gasteiger partial charge in [-0.05, 0) is 30.2 Å². The lowest BCUT2D eigenvalue weighted by Gasteiger charge is -2.14. The van der Waals surface area contributed by atoms with Gasteiger partial charge >= 0.3 is 5.97 Å². The Morgan fingerprint density at radius 3 is 2.28 bits per heavy atom. The molecule has 2 heterocycles. The molecule has 2 amide bonds. The number of nitrogens with one attached hydrogen (secondary N) is 1. The van der Waals surface area contributed by atoms with Crippen molar-refractivity contribution in [1.82, 2.24) is 9.88 Å². The number of H-pyrrole nitrogens is 1. The number of fused-ring (bicyclic) bond motifs is 2. The molecule has 3 aromatic rings. The number of hydrogen-bond acceptors (Lipinski definition) is 5. The molecule has 2 aromatic carbocycles. The van der Waals surface area contributed by atoms with Gasteiger partial charge in [0.2, 0.25) is 0 Å². The van der Waals surface area contributed by atoms with E-state index in [0.717, 1.165) is 4.90 Å². The summed E-state index contributed by atoms with van der Waals surface area (Å²) >= 11 is 0. The first-order valence-electron chi connectivity index (χ1n) is 8.91. The maximum absolute atomic E-state index is 12.6. The van der Waals surface area contributed by atoms with Crippen LogP contribution in [0, 0.1) is 0 Å². The van der Waals surface area contributed by atoms with Crippen molar-refractivity contribution in [1.29, 1.82) is 0 Å². The molecule has 0 radical (unpaired) electrons. The zero-order valence-corrected chi connectivity index (χ0v) is 15.8. The van der Waals surface area contributed by atoms with E-state index in [1.807, 2.05) is 0 Å². The summed E-state index contributed by atoms with van der Waals surface area (Å²) in [6.45, 7) is 0.0547. The Kier molecular flexibility index (Phi) is 4.46. The number of aromatic nitrogens is 1. The highest BCUT2D eigenvalue weighted by atomic mass is 16.5. The number of aromatic amines is 1. The molecule has 0 unspecified atom stereocenters. The Morgan fingerprint density at radius 2 is 1.72 bits per heavy atom. The fourth-order valence-corrected chi connectivity index (χ4v) is 3.68. The monoisotopic (exact) mass is 394 g/mol. The van der Waals surface area contributed by atoms with Crippen LogP contribution in [0.3, 0.4) is 0 Å². The second kappa shape index (κ2) is 6.97. The second-order valence-electron chi connectivity index (χ2n) is 6.59. The van der Waals surface area contributed by atoms with E-state index in [1.165, 1.54) is 14.2 Å². The number of ether oxygens (including phenoxy) is 2. The number of imide groups is 1. The van der Waals surface area contributed by atoms with Crippen LogP contribution < -0.4 is 9.47 Å². The topological polar surface area (TPSA) is 109 Å². The van der Waals surface area contributed by atoms with Crippen molar-refractivity contribution in [2.24, 2.45) is 0 Å². The fraction of sp³-hybridized carbons (Fsp3) is 0.190. The largest absolute Gasteiger partial charge is 0.497 e. The van der Waals surface area contributed by atoms with Crippen molar-refractivity contribution >= 4 is 28.7 Å². The van der Waals surface area contributed by atoms with Gasteiger partial charge in [-0.2, -0.15) is 0 Å². The number of rotatable bonds is 6. The molecule has 8 nitrogen and oxygen atoms in total. The van der Waals surface area contributed by atoms with Crippen molar-refractivity contribution in [3.63, 3.8) is 0 Å². The molecule has 1 aromatic heterocycles. The molecule has 0 spiro atoms. The average molecular weight is 394 g/mol. The highest BCUT2D eigenvalue weighted by Crippen LogP contribution is 2.35. The molecule has 0 saturated heterocycles. The van der Waals surface area contributed by atoms with Crippen LogP contribution >= 0.6 is 0 Å². The molecule has 4 rings (SSSR count). The third-order valence-electron chi connectivity index (χ3n) is 5.09. The number of carboxylic acids is 1. The highest BCUT2D eigenvalue weighted by molar-refractivity contribution is 6.21. The maximum Gasteiger partial charge on any atom is 0.352 e. The highest BCUT2D eigenvalue weighted by Gasteiger charge is 2.35. The summed E-state index contributed by atoms with van der Waals surface area (Å²) in [5.74, 6) is -0.948. The van der Waals surface area contributed by atoms with Crippen molar-refractivity contribution < 1.29 is 29.0 Å². The van der Waals surface area contributed by atoms with E-state index in [2.05, 4.69) is 4.98 Å². The molecule has 1 aliphatic rings. The maximum atomic E-state index is 12.6. The minimum atomic E-state index is -1.14. The van der Waals surface area contributed by atoms with Gasteiger partial charge in [0.25, 0.3) is 11.8 Å². The number of carbonyl (C=O) groups excluding carboxylic acids is 2. The van der Waals surface area contributed by atoms with Gasteiger partial charge in [0.15, 0.2) is 0 Å². The molecular formula is C21H18N2O6. The Morgan fingerprint density at radius 1 is 1.07 bits per heavy atom. The first-order valence-corrected chi connectivity index (χ1v) is 8.91. The first-order chi connectivity index (χ1) is 14.0. The van der Waals surface area contributed by atoms with Crippen LogP contribution in [0.1, 0.15) is 36.8 Å². The van der Waals surface area contributed by atoms with Gasteiger partial charge in [-0.3, -0.25) is 14.5 Å². The third-order valence-corrected chi connectivity index (χ3v) is 5.09. The van der Waals surface area contributed by atoms with Crippen molar-refractivity contribution in [2.45, 2.75) is 6.42 Å². The smallest absolute Gasteiger partial charge is 0.352 e. The number of carboxylic acid groups (broad SMARTS) is 1. The SMILES string of the molecule is COc1cc(OC)c2[nH]c(C(=O)O)c(CCN3C(=O)c4ccccc4C3=O)c2c1. The number of hydrogen-bond donors (Lipinski definition) is 2. The minimum Gasteiger partial charge on any atom is -0.497 e. The number of methoxy groups -OCH3 is 2. The number of carbonyl (C=O) groups is 3. The Balaban J connectivity index is 1.73. The molecule has 2 N–H and O–H groups in total. The zero-order chi connectivity index (χ0) is 20.7. The predicted octanol–water partition coefficient (Wildman–Crippen LogP) is 2.72. The van der Waals surface area contributed by atoms with E-state index in [1.54, 1.807) is 36.4 Å². The fourth-order valence-electron chi connectivity index (χ4n) is 3.68. The standard InChI is InChI=1S/C21H18N2O6/c1-28-11-9-15-12(18(21(26)27)22-17(15)16(10-11)29-2)7-8-23-19(24)13-5-3-4-6-14(13)20(23)25/h3-6,9-10,22H,7-8H2,1-2H3,(H,26,27). The lowest BCUT2D eigenvalue weighted by atomic mass is 10.1. The predicted molar refractivity (Wildman–Crippen MR) is 104 cm³/mol. The molecule has 0 fully saturated rings. The summed E-state index contributed by atoms with van der Waals surface area (Å²) < 4.78 is 10.6. The quantitative estimate of drug-likeness (QED) is 0.622. The van der Waals surface area contributed by atoms with Crippen molar-refractivity contribution in [3.05, 3.63) is 58.8 Å². The molecule has 29 heavy (non-hydrogen) atoms. The third kappa shape index (κ3) is 2.89. The number of nitrogens with zero attached hydrogens (tertiary/aromatic N) is 1. The molecule has 148 valence electrons. The molecule has 0 atom stereocenters. The summed E-state index contributed by atoms with van der Waals surface area (Å²) in [5.41, 5.74) is 1.70. The van der Waals surface area contributed by atoms with Gasteiger partial charge in [-0.15, -0.1) is 0 Å². The van der Waals surface area contributed by atoms with Crippen LogP contribution in [0.15, 0.2) is 36.4 Å². The van der Waals surface area contributed by atoms with Gasteiger partial charge < -0.3 is 19.6 Å². The molecule has 1 aliphatic heterocycles. The van der Waals surface area contributed by atoms with Gasteiger partial charge in [-0.1, -0.05) is 12.1 Å². The van der Waals surface area contributed by atoms with E-state index in [9.17, 15) is 19.5 Å². The Hall–Kier alpha value is -3.81. The summed E-state index contributed by atoms with van der Waals surface area (Å²) in [4.78, 5) is 41.0. The van der Waals surface area contributed by atoms with Crippen LogP contribution in [-0.4, -0.2) is 53.5 Å². The Bertz CT molecular complexity index is 1130. The Labute approximate surface area is 165 Å². The molecule has 0 saturated carbocycles. The summed E-state index contributed by atoms with van der Waals surface area (Å²) in [7, 11) is 2.98. The first kappa shape index (κ1) is 18.5. The van der Waals surface area contributed by atoms with Crippen molar-refractivity contribution in [2.75, 3.05) is 20.8 Å². The van der Waals surface area contributed by atoms with E-state index >= 15 is 0 Å². The van der Waals surface area contributed by atoms with Crippen LogP contribution in [-0.2, 0) is 6.42 Å². The summed E-state index contributed by atoms with van der Waals surface area (Å²) in [5, 5.41) is 10.3. The molecule has 0 aliphatic carbocycles. The van der Waals surface area contributed by atoms with E-state index < -0.39 is 5.97 Å². The summed E-state index contributed by atoms with van der Waals surface area (Å²) in [6.07, 6.45) is 0.170. The van der Waals surface area contributed by atoms with Gasteiger partial charge in [-0.25, -0.2) is 4.79 Å². The second-order valence-corrected chi connectivity index (χ2v) is 6.59. The van der Waals surface area contributed by atoms with Gasteiger partial charge in [0.1, 0.15) is 17.2 Å². The average Bonchev–Trinajstić information content (AvgIpc) is 3.22. The molecule has 0 bridgehead atoms. The van der Waals surface area contributed by atoms with Gasteiger partial charge in [0.05, 0.1) is 30.9 Å². The minimum absolute atomic E-state index is 0.0110. The van der Waals surface area contributed by atoms with E-state index in [0.29, 0.717) is 39.1 Å². The van der Waals surface area contributed by atoms with Crippen molar-refractivity contribution in [3.8, 4) is 11.5 Å². The summed E-state index contributed by atoms with van der Waals surface area (Å²) in [6, 6.07) is 9.98. The number of benzene rings is 2. The number of aromatic carboxylic acids is 1. The van der Waals surface area contributed by atoms with E-state index in [-0.39, 0.29) is 30.5 Å². The van der Waals surface area contributed by atoms with Crippen LogP contribution in [0.5, 0.6) is 11.5 Å².